The summed E-state index contributed by atoms with van der Waals surface area (Å²) in [6.45, 7) is 2.45. The largest absolute Gasteiger partial charge is 0.351 e. The molecule has 1 aromatic carbocycles. The van der Waals surface area contributed by atoms with Crippen LogP contribution >= 0.6 is 0 Å². The lowest BCUT2D eigenvalue weighted by molar-refractivity contribution is 0.0955. The molecule has 0 fully saturated rings. The first-order valence-corrected chi connectivity index (χ1v) is 7.73. The highest BCUT2D eigenvalue weighted by Gasteiger charge is 2.15. The lowest BCUT2D eigenvalue weighted by atomic mass is 10.1. The summed E-state index contributed by atoms with van der Waals surface area (Å²) in [6.07, 6.45) is 0.511. The predicted molar refractivity (Wildman–Crippen MR) is 75.5 cm³/mol. The SMILES string of the molecule is CCCS(=O)(=O)Nc1ccccc1C(=O)NCCN. The molecule has 0 radical (unpaired) electrons. The summed E-state index contributed by atoms with van der Waals surface area (Å²) < 4.78 is 25.9. The molecule has 1 rings (SSSR count). The van der Waals surface area contributed by atoms with Crippen LogP contribution in [0.25, 0.3) is 0 Å². The van der Waals surface area contributed by atoms with Crippen molar-refractivity contribution in [2.45, 2.75) is 13.3 Å². The molecular weight excluding hydrogens is 266 g/mol. The maximum atomic E-state index is 11.9. The van der Waals surface area contributed by atoms with Crippen molar-refractivity contribution in [3.63, 3.8) is 0 Å². The number of carbonyl (C=O) groups excluding carboxylic acids is 1. The van der Waals surface area contributed by atoms with Crippen molar-refractivity contribution >= 4 is 21.6 Å². The number of carbonyl (C=O) groups is 1. The monoisotopic (exact) mass is 285 g/mol. The first kappa shape index (κ1) is 15.5. The van der Waals surface area contributed by atoms with Gasteiger partial charge in [0.15, 0.2) is 0 Å². The van der Waals surface area contributed by atoms with Gasteiger partial charge in [0.25, 0.3) is 5.91 Å². The van der Waals surface area contributed by atoms with Gasteiger partial charge in [0.1, 0.15) is 0 Å². The number of para-hydroxylation sites is 1. The second-order valence-electron chi connectivity index (χ2n) is 4.01. The van der Waals surface area contributed by atoms with Gasteiger partial charge in [-0.15, -0.1) is 0 Å². The smallest absolute Gasteiger partial charge is 0.253 e. The topological polar surface area (TPSA) is 101 Å². The van der Waals surface area contributed by atoms with E-state index in [0.717, 1.165) is 0 Å². The highest BCUT2D eigenvalue weighted by atomic mass is 32.2. The molecule has 0 bridgehead atoms. The first-order chi connectivity index (χ1) is 9.00. The van der Waals surface area contributed by atoms with Crippen molar-refractivity contribution in [2.75, 3.05) is 23.6 Å². The molecule has 0 saturated carbocycles. The van der Waals surface area contributed by atoms with E-state index in [1.54, 1.807) is 31.2 Å². The Morgan fingerprint density at radius 1 is 1.32 bits per heavy atom. The van der Waals surface area contributed by atoms with Gasteiger partial charge in [-0.25, -0.2) is 8.42 Å². The van der Waals surface area contributed by atoms with Gasteiger partial charge in [0.05, 0.1) is 17.0 Å². The van der Waals surface area contributed by atoms with E-state index in [1.165, 1.54) is 0 Å². The van der Waals surface area contributed by atoms with Crippen LogP contribution in [0.4, 0.5) is 5.69 Å². The Balaban J connectivity index is 2.93. The first-order valence-electron chi connectivity index (χ1n) is 6.08. The Morgan fingerprint density at radius 2 is 2.00 bits per heavy atom. The van der Waals surface area contributed by atoms with Gasteiger partial charge in [-0.1, -0.05) is 19.1 Å². The summed E-state index contributed by atoms with van der Waals surface area (Å²) >= 11 is 0. The third kappa shape index (κ3) is 4.88. The van der Waals surface area contributed by atoms with Crippen LogP contribution in [0.3, 0.4) is 0 Å². The van der Waals surface area contributed by atoms with Crippen molar-refractivity contribution in [3.05, 3.63) is 29.8 Å². The Bertz CT molecular complexity index is 529. The van der Waals surface area contributed by atoms with E-state index >= 15 is 0 Å². The van der Waals surface area contributed by atoms with Gasteiger partial charge in [0, 0.05) is 13.1 Å². The van der Waals surface area contributed by atoms with Crippen LogP contribution in [0.5, 0.6) is 0 Å². The van der Waals surface area contributed by atoms with Gasteiger partial charge < -0.3 is 11.1 Å². The summed E-state index contributed by atoms with van der Waals surface area (Å²) in [5.41, 5.74) is 5.88. The van der Waals surface area contributed by atoms with Gasteiger partial charge >= 0.3 is 0 Å². The zero-order valence-electron chi connectivity index (χ0n) is 10.8. The minimum Gasteiger partial charge on any atom is -0.351 e. The minimum atomic E-state index is -3.42. The summed E-state index contributed by atoms with van der Waals surface area (Å²) in [6, 6.07) is 6.47. The molecular formula is C12H19N3O3S. The highest BCUT2D eigenvalue weighted by molar-refractivity contribution is 7.92. The van der Waals surface area contributed by atoms with Crippen LogP contribution < -0.4 is 15.8 Å². The normalized spacial score (nSPS) is 11.1. The van der Waals surface area contributed by atoms with Crippen molar-refractivity contribution in [1.82, 2.24) is 5.32 Å². The molecule has 0 unspecified atom stereocenters. The fourth-order valence-electron chi connectivity index (χ4n) is 1.54. The molecule has 0 atom stereocenters. The average Bonchev–Trinajstić information content (AvgIpc) is 2.36. The number of rotatable bonds is 7. The van der Waals surface area contributed by atoms with E-state index in [2.05, 4.69) is 10.0 Å². The number of amides is 1. The minimum absolute atomic E-state index is 0.0196. The molecule has 106 valence electrons. The molecule has 6 nitrogen and oxygen atoms in total. The molecule has 1 amide bonds. The van der Waals surface area contributed by atoms with Crippen LogP contribution in [0.2, 0.25) is 0 Å². The van der Waals surface area contributed by atoms with Crippen LogP contribution in [0, 0.1) is 0 Å². The number of hydrogen-bond acceptors (Lipinski definition) is 4. The van der Waals surface area contributed by atoms with Crippen LogP contribution in [0.15, 0.2) is 24.3 Å². The fraction of sp³-hybridized carbons (Fsp3) is 0.417. The van der Waals surface area contributed by atoms with Gasteiger partial charge in [-0.3, -0.25) is 9.52 Å². The Hall–Kier alpha value is -1.60. The lowest BCUT2D eigenvalue weighted by Crippen LogP contribution is -2.30. The number of benzene rings is 1. The maximum Gasteiger partial charge on any atom is 0.253 e. The summed E-state index contributed by atoms with van der Waals surface area (Å²) in [5, 5.41) is 2.61. The average molecular weight is 285 g/mol. The molecule has 1 aromatic rings. The van der Waals surface area contributed by atoms with E-state index in [-0.39, 0.29) is 22.9 Å². The molecule has 0 aromatic heterocycles. The van der Waals surface area contributed by atoms with Crippen molar-refractivity contribution in [3.8, 4) is 0 Å². The molecule has 7 heteroatoms. The maximum absolute atomic E-state index is 11.9. The van der Waals surface area contributed by atoms with Gasteiger partial charge in [-0.2, -0.15) is 0 Å². The van der Waals surface area contributed by atoms with Crippen molar-refractivity contribution in [1.29, 1.82) is 0 Å². The van der Waals surface area contributed by atoms with Crippen molar-refractivity contribution < 1.29 is 13.2 Å². The third-order valence-corrected chi connectivity index (χ3v) is 3.82. The molecule has 0 aliphatic carbocycles. The second-order valence-corrected chi connectivity index (χ2v) is 5.85. The van der Waals surface area contributed by atoms with Gasteiger partial charge in [0.2, 0.25) is 10.0 Å². The Morgan fingerprint density at radius 3 is 2.63 bits per heavy atom. The molecule has 0 aliphatic rings. The number of nitrogens with two attached hydrogens (primary N) is 1. The summed E-state index contributed by atoms with van der Waals surface area (Å²) in [7, 11) is -3.42. The molecule has 0 spiro atoms. The summed E-state index contributed by atoms with van der Waals surface area (Å²) in [5.74, 6) is -0.327. The number of nitrogens with one attached hydrogen (secondary N) is 2. The van der Waals surface area contributed by atoms with Crippen LogP contribution in [-0.4, -0.2) is 33.2 Å². The lowest BCUT2D eigenvalue weighted by Gasteiger charge is -2.12. The third-order valence-electron chi connectivity index (χ3n) is 2.34. The van der Waals surface area contributed by atoms with E-state index in [1.807, 2.05) is 0 Å². The fourth-order valence-corrected chi connectivity index (χ4v) is 2.69. The highest BCUT2D eigenvalue weighted by Crippen LogP contribution is 2.16. The number of hydrogen-bond donors (Lipinski definition) is 3. The van der Waals surface area contributed by atoms with Crippen LogP contribution in [-0.2, 0) is 10.0 Å². The predicted octanol–water partition coefficient (Wildman–Crippen LogP) is 0.527. The molecule has 0 aliphatic heterocycles. The summed E-state index contributed by atoms with van der Waals surface area (Å²) in [4.78, 5) is 11.9. The molecule has 19 heavy (non-hydrogen) atoms. The Labute approximate surface area is 113 Å². The van der Waals surface area contributed by atoms with Crippen molar-refractivity contribution in [2.24, 2.45) is 5.73 Å². The zero-order valence-corrected chi connectivity index (χ0v) is 11.7. The van der Waals surface area contributed by atoms with Crippen LogP contribution in [0.1, 0.15) is 23.7 Å². The van der Waals surface area contributed by atoms with E-state index in [9.17, 15) is 13.2 Å². The molecule has 0 heterocycles. The molecule has 4 N–H and O–H groups in total. The van der Waals surface area contributed by atoms with E-state index in [0.29, 0.717) is 19.5 Å². The van der Waals surface area contributed by atoms with E-state index < -0.39 is 10.0 Å². The van der Waals surface area contributed by atoms with Gasteiger partial charge in [-0.05, 0) is 18.6 Å². The second kappa shape index (κ2) is 7.10. The number of anilines is 1. The standard InChI is InChI=1S/C12H19N3O3S/c1-2-9-19(17,18)15-11-6-4-3-5-10(11)12(16)14-8-7-13/h3-6,15H,2,7-9,13H2,1H3,(H,14,16). The Kier molecular flexibility index (Phi) is 5.78. The number of sulfonamides is 1. The quantitative estimate of drug-likeness (QED) is 0.680. The molecule has 0 saturated heterocycles. The van der Waals surface area contributed by atoms with E-state index in [4.69, 9.17) is 5.73 Å². The zero-order chi connectivity index (χ0) is 14.3.